The summed E-state index contributed by atoms with van der Waals surface area (Å²) in [5.41, 5.74) is 1.52. The lowest BCUT2D eigenvalue weighted by atomic mass is 10.1. The number of ether oxygens (including phenoxy) is 1. The van der Waals surface area contributed by atoms with E-state index in [-0.39, 0.29) is 10.8 Å². The third-order valence-corrected chi connectivity index (χ3v) is 5.56. The minimum atomic E-state index is -3.47. The van der Waals surface area contributed by atoms with Crippen molar-refractivity contribution in [1.82, 2.24) is 4.31 Å². The van der Waals surface area contributed by atoms with E-state index in [0.717, 1.165) is 15.6 Å². The molecule has 2 aromatic rings. The summed E-state index contributed by atoms with van der Waals surface area (Å²) >= 11 is 0. The lowest BCUT2D eigenvalue weighted by molar-refractivity contribution is -0.116. The number of aryl methyl sites for hydroxylation is 1. The second-order valence-corrected chi connectivity index (χ2v) is 7.82. The summed E-state index contributed by atoms with van der Waals surface area (Å²) < 4.78 is 30.4. The molecule has 0 unspecified atom stereocenters. The first kappa shape index (κ1) is 19.0. The summed E-state index contributed by atoms with van der Waals surface area (Å²) in [6.07, 6.45) is 0.862. The van der Waals surface area contributed by atoms with E-state index in [1.54, 1.807) is 19.2 Å². The zero-order valence-corrected chi connectivity index (χ0v) is 15.3. The SMILES string of the molecule is COc1ccccc1CCC(=O)Nc1ccc(S(=O)(=O)N(C)C)cc1. The number of sulfonamides is 1. The predicted molar refractivity (Wildman–Crippen MR) is 97.3 cm³/mol. The number of methoxy groups -OCH3 is 1. The fourth-order valence-corrected chi connectivity index (χ4v) is 3.20. The molecule has 0 aliphatic heterocycles. The van der Waals surface area contributed by atoms with Crippen LogP contribution < -0.4 is 10.1 Å². The van der Waals surface area contributed by atoms with Gasteiger partial charge in [-0.05, 0) is 42.3 Å². The number of hydrogen-bond donors (Lipinski definition) is 1. The van der Waals surface area contributed by atoms with Crippen molar-refractivity contribution in [2.45, 2.75) is 17.7 Å². The molecule has 0 radical (unpaired) electrons. The van der Waals surface area contributed by atoms with E-state index in [9.17, 15) is 13.2 Å². The van der Waals surface area contributed by atoms with Crippen molar-refractivity contribution >= 4 is 21.6 Å². The Morgan fingerprint density at radius 2 is 1.72 bits per heavy atom. The molecule has 1 amide bonds. The van der Waals surface area contributed by atoms with E-state index in [2.05, 4.69) is 5.32 Å². The van der Waals surface area contributed by atoms with Gasteiger partial charge in [-0.15, -0.1) is 0 Å². The van der Waals surface area contributed by atoms with Crippen LogP contribution in [0.1, 0.15) is 12.0 Å². The van der Waals surface area contributed by atoms with Crippen LogP contribution in [0.2, 0.25) is 0 Å². The first-order chi connectivity index (χ1) is 11.8. The van der Waals surface area contributed by atoms with Crippen molar-refractivity contribution in [2.24, 2.45) is 0 Å². The van der Waals surface area contributed by atoms with Gasteiger partial charge in [0.1, 0.15) is 5.75 Å². The average Bonchev–Trinajstić information content (AvgIpc) is 2.60. The molecule has 7 heteroatoms. The van der Waals surface area contributed by atoms with Gasteiger partial charge in [0.15, 0.2) is 0 Å². The third kappa shape index (κ3) is 4.80. The van der Waals surface area contributed by atoms with Crippen LogP contribution in [0.25, 0.3) is 0 Å². The van der Waals surface area contributed by atoms with Crippen molar-refractivity contribution < 1.29 is 17.9 Å². The van der Waals surface area contributed by atoms with Gasteiger partial charge in [0, 0.05) is 26.2 Å². The number of hydrogen-bond acceptors (Lipinski definition) is 4. The van der Waals surface area contributed by atoms with Gasteiger partial charge in [-0.25, -0.2) is 12.7 Å². The van der Waals surface area contributed by atoms with Crippen molar-refractivity contribution in [3.05, 3.63) is 54.1 Å². The van der Waals surface area contributed by atoms with Crippen LogP contribution in [0.3, 0.4) is 0 Å². The zero-order valence-electron chi connectivity index (χ0n) is 14.5. The summed E-state index contributed by atoms with van der Waals surface area (Å²) in [6, 6.07) is 13.7. The molecular formula is C18H22N2O4S. The molecule has 0 saturated carbocycles. The van der Waals surface area contributed by atoms with Gasteiger partial charge in [-0.3, -0.25) is 4.79 Å². The minimum Gasteiger partial charge on any atom is -0.496 e. The molecular weight excluding hydrogens is 340 g/mol. The number of carbonyl (C=O) groups excluding carboxylic acids is 1. The Hall–Kier alpha value is -2.38. The molecule has 0 spiro atoms. The molecule has 134 valence electrons. The number of amides is 1. The Kier molecular flexibility index (Phi) is 6.17. The number of nitrogens with one attached hydrogen (secondary N) is 1. The highest BCUT2D eigenvalue weighted by Gasteiger charge is 2.16. The first-order valence-corrected chi connectivity index (χ1v) is 9.23. The molecule has 0 saturated heterocycles. The lowest BCUT2D eigenvalue weighted by Crippen LogP contribution is -2.22. The van der Waals surface area contributed by atoms with Crippen molar-refractivity contribution in [3.8, 4) is 5.75 Å². The monoisotopic (exact) mass is 362 g/mol. The molecule has 0 aliphatic rings. The van der Waals surface area contributed by atoms with Crippen LogP contribution in [0.15, 0.2) is 53.4 Å². The van der Waals surface area contributed by atoms with Gasteiger partial charge in [-0.1, -0.05) is 18.2 Å². The molecule has 0 aliphatic carbocycles. The van der Waals surface area contributed by atoms with Crippen LogP contribution in [0.4, 0.5) is 5.69 Å². The van der Waals surface area contributed by atoms with Gasteiger partial charge in [0.25, 0.3) is 0 Å². The second-order valence-electron chi connectivity index (χ2n) is 5.67. The molecule has 0 bridgehead atoms. The molecule has 0 heterocycles. The van der Waals surface area contributed by atoms with E-state index in [4.69, 9.17) is 4.74 Å². The number of benzene rings is 2. The fraction of sp³-hybridized carbons (Fsp3) is 0.278. The number of para-hydroxylation sites is 1. The molecule has 25 heavy (non-hydrogen) atoms. The summed E-state index contributed by atoms with van der Waals surface area (Å²) in [5, 5.41) is 2.77. The van der Waals surface area contributed by atoms with Crippen LogP contribution in [0, 0.1) is 0 Å². The van der Waals surface area contributed by atoms with Crippen LogP contribution in [-0.2, 0) is 21.2 Å². The first-order valence-electron chi connectivity index (χ1n) is 7.79. The van der Waals surface area contributed by atoms with Crippen LogP contribution >= 0.6 is 0 Å². The molecule has 0 atom stereocenters. The maximum atomic E-state index is 12.1. The summed E-state index contributed by atoms with van der Waals surface area (Å²) in [4.78, 5) is 12.3. The third-order valence-electron chi connectivity index (χ3n) is 3.73. The standard InChI is InChI=1S/C18H22N2O4S/c1-20(2)25(22,23)16-11-9-15(10-12-16)19-18(21)13-8-14-6-4-5-7-17(14)24-3/h4-7,9-12H,8,13H2,1-3H3,(H,19,21). The fourth-order valence-electron chi connectivity index (χ4n) is 2.30. The van der Waals surface area contributed by atoms with Gasteiger partial charge < -0.3 is 10.1 Å². The normalized spacial score (nSPS) is 11.4. The summed E-state index contributed by atoms with van der Waals surface area (Å²) in [7, 11) is 1.08. The molecule has 1 N–H and O–H groups in total. The van der Waals surface area contributed by atoms with Crippen LogP contribution in [0.5, 0.6) is 5.75 Å². The number of nitrogens with zero attached hydrogens (tertiary/aromatic N) is 1. The average molecular weight is 362 g/mol. The molecule has 0 fully saturated rings. The van der Waals surface area contributed by atoms with E-state index in [0.29, 0.717) is 18.5 Å². The number of anilines is 1. The smallest absolute Gasteiger partial charge is 0.242 e. The molecule has 0 aromatic heterocycles. The Morgan fingerprint density at radius 1 is 1.08 bits per heavy atom. The largest absolute Gasteiger partial charge is 0.496 e. The second kappa shape index (κ2) is 8.13. The van der Waals surface area contributed by atoms with Gasteiger partial charge >= 0.3 is 0 Å². The topological polar surface area (TPSA) is 75.7 Å². The Bertz CT molecular complexity index is 830. The van der Waals surface area contributed by atoms with Gasteiger partial charge in [-0.2, -0.15) is 0 Å². The van der Waals surface area contributed by atoms with E-state index >= 15 is 0 Å². The Morgan fingerprint density at radius 3 is 2.32 bits per heavy atom. The quantitative estimate of drug-likeness (QED) is 0.821. The van der Waals surface area contributed by atoms with E-state index < -0.39 is 10.0 Å². The maximum Gasteiger partial charge on any atom is 0.242 e. The summed E-state index contributed by atoms with van der Waals surface area (Å²) in [6.45, 7) is 0. The zero-order chi connectivity index (χ0) is 18.4. The summed E-state index contributed by atoms with van der Waals surface area (Å²) in [5.74, 6) is 0.614. The predicted octanol–water partition coefficient (Wildman–Crippen LogP) is 2.52. The highest BCUT2D eigenvalue weighted by Crippen LogP contribution is 2.20. The van der Waals surface area contributed by atoms with Crippen molar-refractivity contribution in [2.75, 3.05) is 26.5 Å². The molecule has 2 rings (SSSR count). The highest BCUT2D eigenvalue weighted by molar-refractivity contribution is 7.89. The van der Waals surface area contributed by atoms with E-state index in [1.165, 1.54) is 26.2 Å². The molecule has 2 aromatic carbocycles. The minimum absolute atomic E-state index is 0.144. The Labute approximate surface area is 148 Å². The number of rotatable bonds is 7. The lowest BCUT2D eigenvalue weighted by Gasteiger charge is -2.12. The van der Waals surface area contributed by atoms with E-state index in [1.807, 2.05) is 24.3 Å². The van der Waals surface area contributed by atoms with Gasteiger partial charge in [0.2, 0.25) is 15.9 Å². The van der Waals surface area contributed by atoms with Crippen molar-refractivity contribution in [3.63, 3.8) is 0 Å². The van der Waals surface area contributed by atoms with Crippen molar-refractivity contribution in [1.29, 1.82) is 0 Å². The number of carbonyl (C=O) groups is 1. The highest BCUT2D eigenvalue weighted by atomic mass is 32.2. The Balaban J connectivity index is 1.97. The molecule has 6 nitrogen and oxygen atoms in total. The van der Waals surface area contributed by atoms with Crippen LogP contribution in [-0.4, -0.2) is 39.8 Å². The maximum absolute atomic E-state index is 12.1. The van der Waals surface area contributed by atoms with Gasteiger partial charge in [0.05, 0.1) is 12.0 Å².